The van der Waals surface area contributed by atoms with Crippen LogP contribution in [-0.4, -0.2) is 11.6 Å². The first-order chi connectivity index (χ1) is 9.74. The van der Waals surface area contributed by atoms with Gasteiger partial charge in [0.2, 0.25) is 0 Å². The van der Waals surface area contributed by atoms with Crippen molar-refractivity contribution < 1.29 is 14.6 Å². The topological polar surface area (TPSA) is 35.5 Å². The lowest BCUT2D eigenvalue weighted by atomic mass is 10.1. The van der Waals surface area contributed by atoms with Crippen molar-refractivity contribution in [3.8, 4) is 0 Å². The molecule has 3 nitrogen and oxygen atoms in total. The minimum Gasteiger partial charge on any atom is -0.298 e. The van der Waals surface area contributed by atoms with Gasteiger partial charge in [-0.05, 0) is 20.8 Å². The molecule has 0 fully saturated rings. The Morgan fingerprint density at radius 3 is 1.52 bits per heavy atom. The standard InChI is InChI=1S/C10H22.C8H16O3/c1-3-5-7-9-10-8-6-4-2;1-6(2)7(9)10-11-8(3,4)5/h3-10H2,1-2H3;6H,1-5H3. The van der Waals surface area contributed by atoms with E-state index in [1.165, 1.54) is 51.4 Å². The highest BCUT2D eigenvalue weighted by atomic mass is 17.2. The highest BCUT2D eigenvalue weighted by molar-refractivity contribution is 5.70. The van der Waals surface area contributed by atoms with Crippen molar-refractivity contribution in [2.45, 2.75) is 105 Å². The van der Waals surface area contributed by atoms with Gasteiger partial charge in [0.1, 0.15) is 5.60 Å². The first kappa shape index (κ1) is 22.7. The fraction of sp³-hybridized carbons (Fsp3) is 0.944. The number of unbranched alkanes of at least 4 members (excludes halogenated alkanes) is 7. The maximum atomic E-state index is 10.8. The molecular formula is C18H38O3. The van der Waals surface area contributed by atoms with E-state index in [-0.39, 0.29) is 11.9 Å². The van der Waals surface area contributed by atoms with E-state index in [0.717, 1.165) is 0 Å². The molecule has 128 valence electrons. The number of hydrogen-bond donors (Lipinski definition) is 0. The molecule has 0 amide bonds. The summed E-state index contributed by atoms with van der Waals surface area (Å²) < 4.78 is 0. The van der Waals surface area contributed by atoms with Crippen LogP contribution in [0.1, 0.15) is 99.8 Å². The first-order valence-corrected chi connectivity index (χ1v) is 8.64. The van der Waals surface area contributed by atoms with Gasteiger partial charge in [0.15, 0.2) is 0 Å². The summed E-state index contributed by atoms with van der Waals surface area (Å²) in [7, 11) is 0. The normalized spacial score (nSPS) is 11.0. The Bertz CT molecular complexity index is 221. The Labute approximate surface area is 132 Å². The minimum absolute atomic E-state index is 0.141. The third kappa shape index (κ3) is 21.9. The summed E-state index contributed by atoms with van der Waals surface area (Å²) in [5, 5.41) is 0. The second kappa shape index (κ2) is 14.4. The van der Waals surface area contributed by atoms with Gasteiger partial charge in [-0.15, -0.1) is 0 Å². The molecule has 21 heavy (non-hydrogen) atoms. The van der Waals surface area contributed by atoms with Gasteiger partial charge in [-0.3, -0.25) is 4.89 Å². The van der Waals surface area contributed by atoms with Crippen molar-refractivity contribution in [3.63, 3.8) is 0 Å². The first-order valence-electron chi connectivity index (χ1n) is 8.64. The predicted molar refractivity (Wildman–Crippen MR) is 90.1 cm³/mol. The van der Waals surface area contributed by atoms with Gasteiger partial charge >= 0.3 is 5.97 Å². The molecule has 0 aromatic rings. The molecule has 0 unspecified atom stereocenters. The van der Waals surface area contributed by atoms with Crippen LogP contribution in [0.2, 0.25) is 0 Å². The van der Waals surface area contributed by atoms with Crippen LogP contribution in [0.3, 0.4) is 0 Å². The molecule has 0 heterocycles. The van der Waals surface area contributed by atoms with Crippen LogP contribution in [-0.2, 0) is 14.6 Å². The molecule has 0 radical (unpaired) electrons. The lowest BCUT2D eigenvalue weighted by Crippen LogP contribution is -2.23. The fourth-order valence-corrected chi connectivity index (χ4v) is 1.47. The highest BCUT2D eigenvalue weighted by Crippen LogP contribution is 2.09. The third-order valence-electron chi connectivity index (χ3n) is 2.80. The van der Waals surface area contributed by atoms with E-state index in [1.807, 2.05) is 20.8 Å². The Morgan fingerprint density at radius 1 is 0.857 bits per heavy atom. The van der Waals surface area contributed by atoms with Crippen LogP contribution >= 0.6 is 0 Å². The van der Waals surface area contributed by atoms with E-state index < -0.39 is 5.60 Å². The number of rotatable bonds is 9. The molecule has 0 rings (SSSR count). The molecule has 3 heteroatoms. The van der Waals surface area contributed by atoms with E-state index in [0.29, 0.717) is 0 Å². The minimum atomic E-state index is -0.426. The molecule has 0 atom stereocenters. The second-order valence-corrected chi connectivity index (χ2v) is 6.87. The summed E-state index contributed by atoms with van der Waals surface area (Å²) in [5.41, 5.74) is -0.426. The quantitative estimate of drug-likeness (QED) is 0.295. The summed E-state index contributed by atoms with van der Waals surface area (Å²) in [5.74, 6) is -0.475. The number of carbonyl (C=O) groups excluding carboxylic acids is 1. The zero-order valence-electron chi connectivity index (χ0n) is 15.5. The van der Waals surface area contributed by atoms with E-state index in [9.17, 15) is 4.79 Å². The highest BCUT2D eigenvalue weighted by Gasteiger charge is 2.16. The van der Waals surface area contributed by atoms with Crippen LogP contribution in [0.5, 0.6) is 0 Å². The Hall–Kier alpha value is -0.570. The van der Waals surface area contributed by atoms with Crippen LogP contribution in [0, 0.1) is 5.92 Å². The van der Waals surface area contributed by atoms with Crippen molar-refractivity contribution >= 4 is 5.97 Å². The van der Waals surface area contributed by atoms with Crippen molar-refractivity contribution in [1.29, 1.82) is 0 Å². The maximum Gasteiger partial charge on any atom is 0.344 e. The Kier molecular flexibility index (Phi) is 15.5. The summed E-state index contributed by atoms with van der Waals surface area (Å²) in [6, 6.07) is 0. The van der Waals surface area contributed by atoms with Crippen LogP contribution < -0.4 is 0 Å². The smallest absolute Gasteiger partial charge is 0.298 e. The monoisotopic (exact) mass is 302 g/mol. The summed E-state index contributed by atoms with van der Waals surface area (Å²) >= 11 is 0. The molecule has 0 aromatic heterocycles. The average Bonchev–Trinajstić information content (AvgIpc) is 2.40. The molecule has 0 saturated carbocycles. The van der Waals surface area contributed by atoms with Gasteiger partial charge in [0, 0.05) is 0 Å². The van der Waals surface area contributed by atoms with Gasteiger partial charge in [0.25, 0.3) is 0 Å². The largest absolute Gasteiger partial charge is 0.344 e. The zero-order valence-corrected chi connectivity index (χ0v) is 15.5. The predicted octanol–water partition coefficient (Wildman–Crippen LogP) is 6.06. The number of carbonyl (C=O) groups is 1. The number of hydrogen-bond acceptors (Lipinski definition) is 3. The average molecular weight is 302 g/mol. The summed E-state index contributed by atoms with van der Waals surface area (Å²) in [4.78, 5) is 20.2. The van der Waals surface area contributed by atoms with E-state index in [1.54, 1.807) is 13.8 Å². The van der Waals surface area contributed by atoms with Gasteiger partial charge in [-0.25, -0.2) is 4.79 Å². The van der Waals surface area contributed by atoms with Crippen LogP contribution in [0.25, 0.3) is 0 Å². The molecule has 0 N–H and O–H groups in total. The van der Waals surface area contributed by atoms with E-state index in [2.05, 4.69) is 18.7 Å². The van der Waals surface area contributed by atoms with Crippen LogP contribution in [0.15, 0.2) is 0 Å². The van der Waals surface area contributed by atoms with Gasteiger partial charge in [0.05, 0.1) is 5.92 Å². The molecule has 0 aliphatic rings. The van der Waals surface area contributed by atoms with Gasteiger partial charge < -0.3 is 0 Å². The van der Waals surface area contributed by atoms with Gasteiger partial charge in [-0.1, -0.05) is 79.1 Å². The Morgan fingerprint density at radius 2 is 1.24 bits per heavy atom. The molecule has 0 spiro atoms. The molecule has 0 aliphatic heterocycles. The van der Waals surface area contributed by atoms with E-state index >= 15 is 0 Å². The molecule has 0 aromatic carbocycles. The lowest BCUT2D eigenvalue weighted by molar-refractivity contribution is -0.322. The lowest BCUT2D eigenvalue weighted by Gasteiger charge is -2.17. The van der Waals surface area contributed by atoms with Crippen molar-refractivity contribution in [3.05, 3.63) is 0 Å². The SMILES string of the molecule is CC(C)C(=O)OOC(C)(C)C.CCCCCCCCCC. The summed E-state index contributed by atoms with van der Waals surface area (Å²) in [6.07, 6.45) is 11.5. The second-order valence-electron chi connectivity index (χ2n) is 6.87. The fourth-order valence-electron chi connectivity index (χ4n) is 1.47. The van der Waals surface area contributed by atoms with Crippen molar-refractivity contribution in [2.75, 3.05) is 0 Å². The third-order valence-corrected chi connectivity index (χ3v) is 2.80. The van der Waals surface area contributed by atoms with Crippen LogP contribution in [0.4, 0.5) is 0 Å². The maximum absolute atomic E-state index is 10.8. The molecular weight excluding hydrogens is 264 g/mol. The molecule has 0 saturated heterocycles. The van der Waals surface area contributed by atoms with E-state index in [4.69, 9.17) is 4.89 Å². The molecule has 0 bridgehead atoms. The zero-order chi connectivity index (χ0) is 16.7. The Balaban J connectivity index is 0. The van der Waals surface area contributed by atoms with Gasteiger partial charge in [-0.2, -0.15) is 4.89 Å². The summed E-state index contributed by atoms with van der Waals surface area (Å²) in [6.45, 7) is 13.5. The molecule has 0 aliphatic carbocycles. The van der Waals surface area contributed by atoms with Crippen molar-refractivity contribution in [2.24, 2.45) is 5.92 Å². The van der Waals surface area contributed by atoms with Crippen molar-refractivity contribution in [1.82, 2.24) is 0 Å².